The molecule has 0 aliphatic carbocycles. The Hall–Kier alpha value is -1.78. The number of nitriles is 1. The Labute approximate surface area is 95.2 Å². The summed E-state index contributed by atoms with van der Waals surface area (Å²) in [5, 5.41) is 8.83. The Bertz CT molecular complexity index is 456. The Morgan fingerprint density at radius 3 is 2.38 bits per heavy atom. The molecule has 0 aliphatic heterocycles. The summed E-state index contributed by atoms with van der Waals surface area (Å²) in [6.45, 7) is 0. The van der Waals surface area contributed by atoms with Crippen molar-refractivity contribution in [2.45, 2.75) is 0 Å². The van der Waals surface area contributed by atoms with Crippen molar-refractivity contribution in [3.8, 4) is 17.6 Å². The molecule has 1 aromatic rings. The maximum atomic E-state index is 10.5. The Balaban J connectivity index is 3.27. The summed E-state index contributed by atoms with van der Waals surface area (Å²) < 4.78 is 33.1. The van der Waals surface area contributed by atoms with E-state index < -0.39 is 11.3 Å². The molecule has 86 valence electrons. The van der Waals surface area contributed by atoms with Crippen LogP contribution in [0.1, 0.15) is 5.56 Å². The number of hydrogen-bond acceptors (Lipinski definition) is 5. The van der Waals surface area contributed by atoms with E-state index >= 15 is 0 Å². The lowest BCUT2D eigenvalue weighted by Crippen LogP contribution is -2.05. The minimum absolute atomic E-state index is 0.147. The highest BCUT2D eigenvalue weighted by Gasteiger charge is 2.10. The van der Waals surface area contributed by atoms with Gasteiger partial charge in [-0.05, 0) is 0 Å². The molecular formula is C9H9N2O4S-. The standard InChI is InChI=1S/C9H10N2O4S/c1-14-8-3-6(5-10)7(11-16(12)13)4-9(8)15-2/h3-4,11H,1-2H3,(H,12,13)/p-1. The number of ether oxygens (including phenoxy) is 2. The van der Waals surface area contributed by atoms with Crippen molar-refractivity contribution in [2.24, 2.45) is 0 Å². The molecule has 0 aliphatic rings. The molecule has 0 radical (unpaired) electrons. The van der Waals surface area contributed by atoms with Crippen LogP contribution in [0.2, 0.25) is 0 Å². The minimum atomic E-state index is -2.49. The first kappa shape index (κ1) is 12.3. The summed E-state index contributed by atoms with van der Waals surface area (Å²) in [4.78, 5) is 0. The molecule has 1 N–H and O–H groups in total. The van der Waals surface area contributed by atoms with E-state index in [1.54, 1.807) is 0 Å². The zero-order chi connectivity index (χ0) is 12.1. The van der Waals surface area contributed by atoms with Gasteiger partial charge < -0.3 is 18.7 Å². The molecule has 7 heteroatoms. The molecular weight excluding hydrogens is 232 g/mol. The SMILES string of the molecule is COc1cc(C#N)c(NS(=O)[O-])cc1OC. The summed E-state index contributed by atoms with van der Waals surface area (Å²) in [6.07, 6.45) is 0. The average molecular weight is 241 g/mol. The van der Waals surface area contributed by atoms with Crippen LogP contribution in [0.4, 0.5) is 5.69 Å². The predicted octanol–water partition coefficient (Wildman–Crippen LogP) is 0.781. The third-order valence-corrected chi connectivity index (χ3v) is 2.22. The molecule has 0 aromatic heterocycles. The first-order chi connectivity index (χ1) is 7.62. The van der Waals surface area contributed by atoms with Crippen LogP contribution in [0.15, 0.2) is 12.1 Å². The van der Waals surface area contributed by atoms with E-state index in [4.69, 9.17) is 14.7 Å². The normalized spacial score (nSPS) is 11.4. The van der Waals surface area contributed by atoms with E-state index in [0.29, 0.717) is 11.5 Å². The molecule has 16 heavy (non-hydrogen) atoms. The zero-order valence-electron chi connectivity index (χ0n) is 8.64. The molecule has 0 bridgehead atoms. The van der Waals surface area contributed by atoms with Crippen molar-refractivity contribution >= 4 is 17.0 Å². The van der Waals surface area contributed by atoms with Gasteiger partial charge in [0, 0.05) is 23.4 Å². The van der Waals surface area contributed by atoms with Crippen molar-refractivity contribution in [1.82, 2.24) is 0 Å². The third-order valence-electron chi connectivity index (χ3n) is 1.84. The Morgan fingerprint density at radius 2 is 1.94 bits per heavy atom. The van der Waals surface area contributed by atoms with Crippen LogP contribution in [0, 0.1) is 11.3 Å². The van der Waals surface area contributed by atoms with Crippen LogP contribution >= 0.6 is 0 Å². The molecule has 0 amide bonds. The molecule has 0 spiro atoms. The Kier molecular flexibility index (Phi) is 4.10. The van der Waals surface area contributed by atoms with Gasteiger partial charge in [0.2, 0.25) is 0 Å². The molecule has 1 rings (SSSR count). The number of methoxy groups -OCH3 is 2. The van der Waals surface area contributed by atoms with Gasteiger partial charge >= 0.3 is 0 Å². The third kappa shape index (κ3) is 2.62. The smallest absolute Gasteiger partial charge is 0.162 e. The number of hydrogen-bond donors (Lipinski definition) is 1. The highest BCUT2D eigenvalue weighted by Crippen LogP contribution is 2.32. The second-order valence-electron chi connectivity index (χ2n) is 2.70. The molecule has 0 saturated carbocycles. The van der Waals surface area contributed by atoms with E-state index in [0.717, 1.165) is 0 Å². The largest absolute Gasteiger partial charge is 0.755 e. The number of anilines is 1. The van der Waals surface area contributed by atoms with Crippen LogP contribution in [-0.4, -0.2) is 23.0 Å². The van der Waals surface area contributed by atoms with Gasteiger partial charge in [0.05, 0.1) is 25.5 Å². The van der Waals surface area contributed by atoms with E-state index in [1.807, 2.05) is 6.07 Å². The zero-order valence-corrected chi connectivity index (χ0v) is 9.46. The maximum Gasteiger partial charge on any atom is 0.162 e. The average Bonchev–Trinajstić information content (AvgIpc) is 2.27. The number of benzene rings is 1. The fraction of sp³-hybridized carbons (Fsp3) is 0.222. The monoisotopic (exact) mass is 241 g/mol. The highest BCUT2D eigenvalue weighted by atomic mass is 32.2. The topological polar surface area (TPSA) is 94.4 Å². The van der Waals surface area contributed by atoms with E-state index in [9.17, 15) is 8.76 Å². The fourth-order valence-corrected chi connectivity index (χ4v) is 1.49. The molecule has 0 fully saturated rings. The molecule has 6 nitrogen and oxygen atoms in total. The number of rotatable bonds is 4. The van der Waals surface area contributed by atoms with Gasteiger partial charge in [-0.2, -0.15) is 5.26 Å². The van der Waals surface area contributed by atoms with Gasteiger partial charge in [-0.25, -0.2) is 0 Å². The van der Waals surface area contributed by atoms with Crippen molar-refractivity contribution in [3.63, 3.8) is 0 Å². The lowest BCUT2D eigenvalue weighted by molar-refractivity contribution is 0.355. The van der Waals surface area contributed by atoms with Crippen molar-refractivity contribution in [1.29, 1.82) is 5.26 Å². The molecule has 1 unspecified atom stereocenters. The predicted molar refractivity (Wildman–Crippen MR) is 56.8 cm³/mol. The van der Waals surface area contributed by atoms with Crippen LogP contribution in [0.5, 0.6) is 11.5 Å². The van der Waals surface area contributed by atoms with Gasteiger partial charge in [-0.3, -0.25) is 4.21 Å². The van der Waals surface area contributed by atoms with Crippen molar-refractivity contribution in [2.75, 3.05) is 18.9 Å². The maximum absolute atomic E-state index is 10.5. The van der Waals surface area contributed by atoms with Gasteiger partial charge in [0.1, 0.15) is 6.07 Å². The molecule has 0 heterocycles. The number of nitrogens with zero attached hydrogens (tertiary/aromatic N) is 1. The molecule has 1 aromatic carbocycles. The van der Waals surface area contributed by atoms with Gasteiger partial charge in [0.25, 0.3) is 0 Å². The fourth-order valence-electron chi connectivity index (χ4n) is 1.15. The van der Waals surface area contributed by atoms with E-state index in [1.165, 1.54) is 26.4 Å². The minimum Gasteiger partial charge on any atom is -0.755 e. The van der Waals surface area contributed by atoms with Gasteiger partial charge in [-0.1, -0.05) is 0 Å². The first-order valence-electron chi connectivity index (χ1n) is 4.14. The van der Waals surface area contributed by atoms with Crippen LogP contribution in [-0.2, 0) is 11.3 Å². The summed E-state index contributed by atoms with van der Waals surface area (Å²) in [5.74, 6) is 0.704. The summed E-state index contributed by atoms with van der Waals surface area (Å²) >= 11 is -2.49. The van der Waals surface area contributed by atoms with Gasteiger partial charge in [-0.15, -0.1) is 0 Å². The summed E-state index contributed by atoms with van der Waals surface area (Å²) in [7, 11) is 2.85. The van der Waals surface area contributed by atoms with Crippen LogP contribution in [0.3, 0.4) is 0 Å². The Morgan fingerprint density at radius 1 is 1.38 bits per heavy atom. The second-order valence-corrected chi connectivity index (χ2v) is 3.37. The van der Waals surface area contributed by atoms with Crippen molar-refractivity contribution < 1.29 is 18.2 Å². The molecule has 1 atom stereocenters. The second kappa shape index (κ2) is 5.34. The number of nitrogens with one attached hydrogen (secondary N) is 1. The van der Waals surface area contributed by atoms with E-state index in [2.05, 4.69) is 4.72 Å². The lowest BCUT2D eigenvalue weighted by atomic mass is 10.2. The first-order valence-corrected chi connectivity index (χ1v) is 5.22. The van der Waals surface area contributed by atoms with Crippen LogP contribution in [0.25, 0.3) is 0 Å². The molecule has 0 saturated heterocycles. The summed E-state index contributed by atoms with van der Waals surface area (Å²) in [5.41, 5.74) is 0.301. The van der Waals surface area contributed by atoms with Crippen LogP contribution < -0.4 is 14.2 Å². The quantitative estimate of drug-likeness (QED) is 0.786. The van der Waals surface area contributed by atoms with Crippen molar-refractivity contribution in [3.05, 3.63) is 17.7 Å². The van der Waals surface area contributed by atoms with Gasteiger partial charge in [0.15, 0.2) is 11.5 Å². The summed E-state index contributed by atoms with van der Waals surface area (Å²) in [6, 6.07) is 4.63. The highest BCUT2D eigenvalue weighted by molar-refractivity contribution is 7.80. The van der Waals surface area contributed by atoms with E-state index in [-0.39, 0.29) is 11.3 Å². The lowest BCUT2D eigenvalue weighted by Gasteiger charge is -2.13.